The topological polar surface area (TPSA) is 0 Å². The second-order valence-electron chi connectivity index (χ2n) is 3.71. The minimum Gasteiger partial charge on any atom is -0.0984 e. The van der Waals surface area contributed by atoms with Crippen molar-refractivity contribution in [2.45, 2.75) is 26.7 Å². The van der Waals surface area contributed by atoms with E-state index in [1.807, 2.05) is 5.41 Å². The third kappa shape index (κ3) is 3.28. The summed E-state index contributed by atoms with van der Waals surface area (Å²) in [5.41, 5.74) is 2.66. The Morgan fingerprint density at radius 3 is 2.27 bits per heavy atom. The van der Waals surface area contributed by atoms with Gasteiger partial charge in [0.2, 0.25) is 0 Å². The Labute approximate surface area is 97.1 Å². The van der Waals surface area contributed by atoms with Crippen molar-refractivity contribution < 1.29 is 0 Å². The van der Waals surface area contributed by atoms with E-state index in [1.54, 1.807) is 11.8 Å². The van der Waals surface area contributed by atoms with Gasteiger partial charge in [0.05, 0.1) is 0 Å². The minimum atomic E-state index is 0.597. The zero-order valence-corrected chi connectivity index (χ0v) is 10.5. The fraction of sp³-hybridized carbons (Fsp3) is 0.286. The van der Waals surface area contributed by atoms with Crippen LogP contribution in [0.4, 0.5) is 0 Å². The molecule has 0 atom stereocenters. The second kappa shape index (κ2) is 5.82. The molecule has 0 aromatic heterocycles. The van der Waals surface area contributed by atoms with Crippen LogP contribution in [0.1, 0.15) is 37.8 Å². The Morgan fingerprint density at radius 1 is 1.27 bits per heavy atom. The molecule has 0 bridgehead atoms. The van der Waals surface area contributed by atoms with Gasteiger partial charge in [-0.2, -0.15) is 0 Å². The fourth-order valence-electron chi connectivity index (χ4n) is 1.42. The van der Waals surface area contributed by atoms with Crippen molar-refractivity contribution in [3.63, 3.8) is 0 Å². The molecule has 0 aliphatic rings. The van der Waals surface area contributed by atoms with Gasteiger partial charge in [-0.3, -0.25) is 0 Å². The van der Waals surface area contributed by atoms with Crippen LogP contribution in [0, 0.1) is 0 Å². The summed E-state index contributed by atoms with van der Waals surface area (Å²) in [6.45, 7) is 10.2. The van der Waals surface area contributed by atoms with Crippen LogP contribution in [0.2, 0.25) is 0 Å². The van der Waals surface area contributed by atoms with E-state index in [4.69, 9.17) is 0 Å². The smallest absolute Gasteiger partial charge is 0.0145 e. The summed E-state index contributed by atoms with van der Waals surface area (Å²) in [7, 11) is 0. The molecule has 0 radical (unpaired) electrons. The molecule has 0 saturated heterocycles. The van der Waals surface area contributed by atoms with Crippen LogP contribution in [0.15, 0.2) is 42.3 Å². The molecule has 0 saturated carbocycles. The van der Waals surface area contributed by atoms with E-state index in [9.17, 15) is 0 Å². The van der Waals surface area contributed by atoms with Gasteiger partial charge in [0.1, 0.15) is 0 Å². The van der Waals surface area contributed by atoms with E-state index < -0.39 is 0 Å². The van der Waals surface area contributed by atoms with Crippen molar-refractivity contribution >= 4 is 16.7 Å². The van der Waals surface area contributed by atoms with E-state index in [2.05, 4.69) is 57.7 Å². The third-order valence-corrected chi connectivity index (χ3v) is 3.23. The van der Waals surface area contributed by atoms with Gasteiger partial charge >= 0.3 is 0 Å². The molecule has 80 valence electrons. The van der Waals surface area contributed by atoms with Gasteiger partial charge in [-0.1, -0.05) is 62.5 Å². The Morgan fingerprint density at radius 2 is 1.87 bits per heavy atom. The summed E-state index contributed by atoms with van der Waals surface area (Å²) in [5.74, 6) is 0.597. The summed E-state index contributed by atoms with van der Waals surface area (Å²) >= 11 is 1.67. The van der Waals surface area contributed by atoms with Gasteiger partial charge in [0.25, 0.3) is 0 Å². The molecule has 0 amide bonds. The van der Waals surface area contributed by atoms with E-state index in [-0.39, 0.29) is 0 Å². The lowest BCUT2D eigenvalue weighted by molar-refractivity contribution is 0.866. The normalized spacial score (nSPS) is 11.9. The molecule has 0 spiro atoms. The maximum Gasteiger partial charge on any atom is 0.0145 e. The third-order valence-electron chi connectivity index (χ3n) is 2.33. The Balaban J connectivity index is 2.92. The van der Waals surface area contributed by atoms with E-state index in [0.717, 1.165) is 0 Å². The molecule has 1 aromatic rings. The van der Waals surface area contributed by atoms with E-state index in [0.29, 0.717) is 5.92 Å². The standard InChI is InChI=1S/C14H18S/c1-5-14(15-6-2)13-9-7-12(8-10-13)11(3)4/h5-11H,2H2,1,3-4H3/b14-5-. The van der Waals surface area contributed by atoms with Gasteiger partial charge in [-0.25, -0.2) is 0 Å². The van der Waals surface area contributed by atoms with Gasteiger partial charge in [-0.15, -0.1) is 0 Å². The molecular weight excluding hydrogens is 200 g/mol. The Bertz CT molecular complexity index is 344. The molecule has 1 rings (SSSR count). The first-order chi connectivity index (χ1) is 7.19. The average Bonchev–Trinajstić information content (AvgIpc) is 2.26. The number of rotatable bonds is 4. The molecule has 1 heteroatoms. The fourth-order valence-corrected chi connectivity index (χ4v) is 2.01. The van der Waals surface area contributed by atoms with Gasteiger partial charge in [-0.05, 0) is 29.4 Å². The number of hydrogen-bond donors (Lipinski definition) is 0. The van der Waals surface area contributed by atoms with Gasteiger partial charge in [0.15, 0.2) is 0 Å². The predicted octanol–water partition coefficient (Wildman–Crippen LogP) is 5.05. The largest absolute Gasteiger partial charge is 0.0984 e. The molecule has 0 unspecified atom stereocenters. The van der Waals surface area contributed by atoms with Crippen molar-refractivity contribution in [2.24, 2.45) is 0 Å². The summed E-state index contributed by atoms with van der Waals surface area (Å²) in [6.07, 6.45) is 2.12. The van der Waals surface area contributed by atoms with Crippen LogP contribution in [-0.4, -0.2) is 0 Å². The monoisotopic (exact) mass is 218 g/mol. The SMILES string of the molecule is C=CS/C(=C\C)c1ccc(C(C)C)cc1. The lowest BCUT2D eigenvalue weighted by Crippen LogP contribution is -1.87. The van der Waals surface area contributed by atoms with Crippen LogP contribution in [0.25, 0.3) is 4.91 Å². The van der Waals surface area contributed by atoms with Crippen LogP contribution in [0.3, 0.4) is 0 Å². The van der Waals surface area contributed by atoms with Crippen molar-refractivity contribution in [3.8, 4) is 0 Å². The van der Waals surface area contributed by atoms with Crippen molar-refractivity contribution in [3.05, 3.63) is 53.5 Å². The molecule has 0 fully saturated rings. The Hall–Kier alpha value is -0.950. The molecule has 0 nitrogen and oxygen atoms in total. The molecule has 0 heterocycles. The first-order valence-electron chi connectivity index (χ1n) is 5.23. The van der Waals surface area contributed by atoms with Crippen LogP contribution in [-0.2, 0) is 0 Å². The summed E-state index contributed by atoms with van der Waals surface area (Å²) < 4.78 is 0. The first-order valence-corrected chi connectivity index (χ1v) is 6.11. The lowest BCUT2D eigenvalue weighted by Gasteiger charge is -2.08. The molecule has 0 N–H and O–H groups in total. The highest BCUT2D eigenvalue weighted by Gasteiger charge is 2.01. The second-order valence-corrected chi connectivity index (χ2v) is 4.72. The highest BCUT2D eigenvalue weighted by Crippen LogP contribution is 2.28. The summed E-state index contributed by atoms with van der Waals surface area (Å²) in [4.78, 5) is 1.26. The number of benzene rings is 1. The average molecular weight is 218 g/mol. The number of hydrogen-bond acceptors (Lipinski definition) is 1. The maximum absolute atomic E-state index is 3.74. The van der Waals surface area contributed by atoms with Crippen molar-refractivity contribution in [1.29, 1.82) is 0 Å². The Kier molecular flexibility index (Phi) is 4.70. The molecular formula is C14H18S. The van der Waals surface area contributed by atoms with Crippen LogP contribution in [0.5, 0.6) is 0 Å². The van der Waals surface area contributed by atoms with Crippen molar-refractivity contribution in [2.75, 3.05) is 0 Å². The molecule has 0 aliphatic carbocycles. The quantitative estimate of drug-likeness (QED) is 0.681. The van der Waals surface area contributed by atoms with Gasteiger partial charge < -0.3 is 0 Å². The summed E-state index contributed by atoms with van der Waals surface area (Å²) in [5, 5.41) is 1.87. The molecule has 0 aliphatic heterocycles. The minimum absolute atomic E-state index is 0.597. The molecule has 15 heavy (non-hydrogen) atoms. The number of thioether (sulfide) groups is 1. The highest BCUT2D eigenvalue weighted by atomic mass is 32.2. The molecule has 1 aromatic carbocycles. The van der Waals surface area contributed by atoms with Crippen LogP contribution < -0.4 is 0 Å². The van der Waals surface area contributed by atoms with Crippen molar-refractivity contribution in [1.82, 2.24) is 0 Å². The highest BCUT2D eigenvalue weighted by molar-refractivity contribution is 8.10. The van der Waals surface area contributed by atoms with E-state index >= 15 is 0 Å². The lowest BCUT2D eigenvalue weighted by atomic mass is 10.0. The first kappa shape index (κ1) is 12.1. The summed E-state index contributed by atoms with van der Waals surface area (Å²) in [6, 6.07) is 8.77. The van der Waals surface area contributed by atoms with Gasteiger partial charge in [0, 0.05) is 4.91 Å². The maximum atomic E-state index is 3.74. The predicted molar refractivity (Wildman–Crippen MR) is 72.0 cm³/mol. The zero-order chi connectivity index (χ0) is 11.3. The number of allylic oxidation sites excluding steroid dienone is 1. The van der Waals surface area contributed by atoms with Crippen LogP contribution >= 0.6 is 11.8 Å². The zero-order valence-electron chi connectivity index (χ0n) is 9.66. The van der Waals surface area contributed by atoms with E-state index in [1.165, 1.54) is 16.0 Å².